The Kier molecular flexibility index (Phi) is 4.93. The highest BCUT2D eigenvalue weighted by molar-refractivity contribution is 5.78. The van der Waals surface area contributed by atoms with Gasteiger partial charge in [0.15, 0.2) is 0 Å². The van der Waals surface area contributed by atoms with E-state index in [1.165, 1.54) is 7.11 Å². The molecule has 1 fully saturated rings. The van der Waals surface area contributed by atoms with Crippen LogP contribution in [0.3, 0.4) is 0 Å². The van der Waals surface area contributed by atoms with Gasteiger partial charge in [0.25, 0.3) is 0 Å². The topological polar surface area (TPSA) is 72.8 Å². The largest absolute Gasteiger partial charge is 0.481 e. The SMILES string of the molecule is COC(=O)C[C@@H](C(=O)O)C1C[C@@H](C)O[C@H](C)C1. The molecule has 1 N–H and O–H groups in total. The standard InChI is InChI=1S/C12H20O5/c1-7-4-9(5-8(2)17-7)10(12(14)15)6-11(13)16-3/h7-10H,4-6H2,1-3H3,(H,14,15)/t7-,8-,10-/m1/s1. The summed E-state index contributed by atoms with van der Waals surface area (Å²) in [5, 5.41) is 9.19. The molecule has 0 spiro atoms. The fourth-order valence-corrected chi connectivity index (χ4v) is 2.50. The van der Waals surface area contributed by atoms with Crippen LogP contribution in [0.1, 0.15) is 33.1 Å². The molecule has 1 rings (SSSR count). The van der Waals surface area contributed by atoms with Crippen LogP contribution >= 0.6 is 0 Å². The smallest absolute Gasteiger partial charge is 0.307 e. The van der Waals surface area contributed by atoms with Crippen LogP contribution in [0, 0.1) is 11.8 Å². The molecule has 17 heavy (non-hydrogen) atoms. The molecule has 5 heteroatoms. The van der Waals surface area contributed by atoms with Crippen LogP contribution < -0.4 is 0 Å². The minimum atomic E-state index is -0.929. The van der Waals surface area contributed by atoms with Gasteiger partial charge in [-0.3, -0.25) is 9.59 Å². The lowest BCUT2D eigenvalue weighted by atomic mass is 9.80. The number of esters is 1. The second-order valence-corrected chi connectivity index (χ2v) is 4.71. The minimum absolute atomic E-state index is 0.0228. The molecule has 0 unspecified atom stereocenters. The zero-order chi connectivity index (χ0) is 13.0. The summed E-state index contributed by atoms with van der Waals surface area (Å²) in [7, 11) is 1.27. The fourth-order valence-electron chi connectivity index (χ4n) is 2.50. The molecule has 1 aliphatic rings. The van der Waals surface area contributed by atoms with Gasteiger partial charge in [-0.15, -0.1) is 0 Å². The van der Waals surface area contributed by atoms with E-state index in [0.717, 1.165) is 0 Å². The average molecular weight is 244 g/mol. The van der Waals surface area contributed by atoms with Crippen LogP contribution in [0.25, 0.3) is 0 Å². The van der Waals surface area contributed by atoms with Crippen molar-refractivity contribution >= 4 is 11.9 Å². The predicted octanol–water partition coefficient (Wildman–Crippen LogP) is 1.45. The molecule has 5 nitrogen and oxygen atoms in total. The number of hydrogen-bond acceptors (Lipinski definition) is 4. The molecule has 0 saturated carbocycles. The Hall–Kier alpha value is -1.10. The maximum absolute atomic E-state index is 11.2. The molecule has 0 aromatic rings. The van der Waals surface area contributed by atoms with E-state index in [0.29, 0.717) is 12.8 Å². The highest BCUT2D eigenvalue weighted by Crippen LogP contribution is 2.32. The van der Waals surface area contributed by atoms with Crippen molar-refractivity contribution in [2.45, 2.75) is 45.3 Å². The van der Waals surface area contributed by atoms with Crippen LogP contribution in [0.2, 0.25) is 0 Å². The molecule has 0 aromatic carbocycles. The van der Waals surface area contributed by atoms with Gasteiger partial charge in [-0.2, -0.15) is 0 Å². The van der Waals surface area contributed by atoms with Crippen LogP contribution in [0.4, 0.5) is 0 Å². The number of ether oxygens (including phenoxy) is 2. The molecule has 0 bridgehead atoms. The third kappa shape index (κ3) is 4.00. The van der Waals surface area contributed by atoms with E-state index < -0.39 is 17.9 Å². The molecule has 1 aliphatic heterocycles. The molecule has 98 valence electrons. The van der Waals surface area contributed by atoms with Crippen molar-refractivity contribution in [2.24, 2.45) is 11.8 Å². The van der Waals surface area contributed by atoms with Crippen LogP contribution in [0.5, 0.6) is 0 Å². The monoisotopic (exact) mass is 244 g/mol. The molecule has 1 saturated heterocycles. The van der Waals surface area contributed by atoms with Crippen molar-refractivity contribution < 1.29 is 24.2 Å². The third-order valence-electron chi connectivity index (χ3n) is 3.23. The van der Waals surface area contributed by atoms with Crippen LogP contribution in [-0.4, -0.2) is 36.4 Å². The quantitative estimate of drug-likeness (QED) is 0.758. The summed E-state index contributed by atoms with van der Waals surface area (Å²) >= 11 is 0. The van der Waals surface area contributed by atoms with E-state index in [2.05, 4.69) is 4.74 Å². The highest BCUT2D eigenvalue weighted by atomic mass is 16.5. The molecule has 0 aromatic heterocycles. The predicted molar refractivity (Wildman–Crippen MR) is 60.5 cm³/mol. The number of carbonyl (C=O) groups is 2. The Morgan fingerprint density at radius 2 is 1.88 bits per heavy atom. The number of methoxy groups -OCH3 is 1. The van der Waals surface area contributed by atoms with Crippen molar-refractivity contribution in [3.63, 3.8) is 0 Å². The molecule has 0 amide bonds. The first kappa shape index (κ1) is 14.0. The Balaban J connectivity index is 2.69. The maximum Gasteiger partial charge on any atom is 0.307 e. The number of carboxylic acids is 1. The number of hydrogen-bond donors (Lipinski definition) is 1. The van der Waals surface area contributed by atoms with Gasteiger partial charge >= 0.3 is 11.9 Å². The Bertz CT molecular complexity index is 279. The summed E-state index contributed by atoms with van der Waals surface area (Å²) in [5.74, 6) is -2.09. The van der Waals surface area contributed by atoms with E-state index in [9.17, 15) is 14.7 Å². The van der Waals surface area contributed by atoms with E-state index in [1.807, 2.05) is 13.8 Å². The van der Waals surface area contributed by atoms with Gasteiger partial charge in [0.2, 0.25) is 0 Å². The molecule has 1 heterocycles. The second kappa shape index (κ2) is 6.00. The summed E-state index contributed by atoms with van der Waals surface area (Å²) in [6, 6.07) is 0. The van der Waals surface area contributed by atoms with E-state index in [1.54, 1.807) is 0 Å². The van der Waals surface area contributed by atoms with Gasteiger partial charge in [-0.1, -0.05) is 0 Å². The van der Waals surface area contributed by atoms with Crippen molar-refractivity contribution in [3.05, 3.63) is 0 Å². The first-order valence-electron chi connectivity index (χ1n) is 5.89. The van der Waals surface area contributed by atoms with Gasteiger partial charge in [-0.05, 0) is 32.6 Å². The van der Waals surface area contributed by atoms with Crippen molar-refractivity contribution in [1.82, 2.24) is 0 Å². The van der Waals surface area contributed by atoms with Gasteiger partial charge in [0, 0.05) is 0 Å². The summed E-state index contributed by atoms with van der Waals surface area (Å²) < 4.78 is 10.1. The van der Waals surface area contributed by atoms with Crippen molar-refractivity contribution in [2.75, 3.05) is 7.11 Å². The lowest BCUT2D eigenvalue weighted by Crippen LogP contribution is -2.37. The number of aliphatic carboxylic acids is 1. The van der Waals surface area contributed by atoms with E-state index in [4.69, 9.17) is 4.74 Å². The number of rotatable bonds is 4. The van der Waals surface area contributed by atoms with Crippen molar-refractivity contribution in [3.8, 4) is 0 Å². The average Bonchev–Trinajstić information content (AvgIpc) is 2.23. The third-order valence-corrected chi connectivity index (χ3v) is 3.23. The maximum atomic E-state index is 11.2. The molecule has 3 atom stereocenters. The summed E-state index contributed by atoms with van der Waals surface area (Å²) in [6.07, 6.45) is 1.39. The lowest BCUT2D eigenvalue weighted by molar-refractivity contribution is -0.155. The summed E-state index contributed by atoms with van der Waals surface area (Å²) in [5.41, 5.74) is 0. The van der Waals surface area contributed by atoms with Crippen LogP contribution in [0.15, 0.2) is 0 Å². The minimum Gasteiger partial charge on any atom is -0.481 e. The van der Waals surface area contributed by atoms with Gasteiger partial charge < -0.3 is 14.6 Å². The van der Waals surface area contributed by atoms with Gasteiger partial charge in [0.1, 0.15) is 0 Å². The number of carbonyl (C=O) groups excluding carboxylic acids is 1. The number of carboxylic acid groups (broad SMARTS) is 1. The van der Waals surface area contributed by atoms with E-state index in [-0.39, 0.29) is 24.5 Å². The zero-order valence-corrected chi connectivity index (χ0v) is 10.5. The Labute approximate surface area is 101 Å². The Morgan fingerprint density at radius 3 is 2.29 bits per heavy atom. The van der Waals surface area contributed by atoms with Gasteiger partial charge in [-0.25, -0.2) is 0 Å². The second-order valence-electron chi connectivity index (χ2n) is 4.71. The normalized spacial score (nSPS) is 30.6. The first-order chi connectivity index (χ1) is 7.93. The Morgan fingerprint density at radius 1 is 1.35 bits per heavy atom. The molecule has 0 radical (unpaired) electrons. The highest BCUT2D eigenvalue weighted by Gasteiger charge is 2.36. The zero-order valence-electron chi connectivity index (χ0n) is 10.5. The van der Waals surface area contributed by atoms with Gasteiger partial charge in [0.05, 0.1) is 31.7 Å². The van der Waals surface area contributed by atoms with Crippen LogP contribution in [-0.2, 0) is 19.1 Å². The fraction of sp³-hybridized carbons (Fsp3) is 0.833. The van der Waals surface area contributed by atoms with E-state index >= 15 is 0 Å². The first-order valence-corrected chi connectivity index (χ1v) is 5.89. The lowest BCUT2D eigenvalue weighted by Gasteiger charge is -2.34. The molecule has 0 aliphatic carbocycles. The molecular formula is C12H20O5. The van der Waals surface area contributed by atoms with Crippen molar-refractivity contribution in [1.29, 1.82) is 0 Å². The summed E-state index contributed by atoms with van der Waals surface area (Å²) in [4.78, 5) is 22.4. The molecular weight excluding hydrogens is 224 g/mol. The summed E-state index contributed by atoms with van der Waals surface area (Å²) in [6.45, 7) is 3.86.